The highest BCUT2D eigenvalue weighted by molar-refractivity contribution is 5.93. The van der Waals surface area contributed by atoms with E-state index in [-0.39, 0.29) is 22.0 Å². The highest BCUT2D eigenvalue weighted by atomic mass is 16.6. The van der Waals surface area contributed by atoms with Gasteiger partial charge in [-0.15, -0.1) is 0 Å². The number of nitrogens with zero attached hydrogens (tertiary/aromatic N) is 1. The van der Waals surface area contributed by atoms with Gasteiger partial charge in [-0.05, 0) is 18.3 Å². The van der Waals surface area contributed by atoms with Crippen LogP contribution < -0.4 is 0 Å². The minimum atomic E-state index is -0.941. The second-order valence-corrected chi connectivity index (χ2v) is 5.29. The highest BCUT2D eigenvalue weighted by Crippen LogP contribution is 2.63. The normalized spacial score (nSPS) is 44.4. The molecule has 2 saturated carbocycles. The van der Waals surface area contributed by atoms with E-state index in [9.17, 15) is 14.9 Å². The van der Waals surface area contributed by atoms with Crippen molar-refractivity contribution < 1.29 is 9.72 Å². The smallest absolute Gasteiger partial charge is 0.274 e. The zero-order valence-electron chi connectivity index (χ0n) is 8.74. The van der Waals surface area contributed by atoms with Gasteiger partial charge >= 0.3 is 0 Å². The van der Waals surface area contributed by atoms with Gasteiger partial charge in [0.15, 0.2) is 0 Å². The number of carbonyl (C=O) groups excluding carboxylic acids is 1. The van der Waals surface area contributed by atoms with E-state index in [0.717, 1.165) is 12.8 Å². The Bertz CT molecular complexity index is 323. The highest BCUT2D eigenvalue weighted by Gasteiger charge is 2.70. The monoisotopic (exact) mass is 197 g/mol. The molecule has 4 heteroatoms. The minimum absolute atomic E-state index is 0.0602. The topological polar surface area (TPSA) is 60.2 Å². The standard InChI is InChI=1S/C10H15NO3/c1-9(2)6-4-5-10(9,3)8(12)7(6)11(13)14/h6-7H,4-5H2,1-3H3/t6-,7-,10-/m1/s1. The fourth-order valence-corrected chi connectivity index (χ4v) is 3.28. The molecule has 4 nitrogen and oxygen atoms in total. The number of fused-ring (bicyclic) bond motifs is 2. The van der Waals surface area contributed by atoms with Crippen molar-refractivity contribution in [3.8, 4) is 0 Å². The van der Waals surface area contributed by atoms with Crippen molar-refractivity contribution in [2.75, 3.05) is 0 Å². The first kappa shape index (κ1) is 9.62. The summed E-state index contributed by atoms with van der Waals surface area (Å²) in [6.07, 6.45) is 1.63. The average molecular weight is 197 g/mol. The Balaban J connectivity index is 2.49. The van der Waals surface area contributed by atoms with E-state index >= 15 is 0 Å². The molecule has 2 bridgehead atoms. The van der Waals surface area contributed by atoms with E-state index in [1.807, 2.05) is 20.8 Å². The molecule has 0 aromatic carbocycles. The molecule has 0 saturated heterocycles. The van der Waals surface area contributed by atoms with Crippen LogP contribution in [0.15, 0.2) is 0 Å². The van der Waals surface area contributed by atoms with Gasteiger partial charge in [0, 0.05) is 16.3 Å². The number of rotatable bonds is 1. The van der Waals surface area contributed by atoms with Crippen LogP contribution in [-0.4, -0.2) is 16.7 Å². The molecule has 0 aliphatic heterocycles. The number of hydrogen-bond acceptors (Lipinski definition) is 3. The van der Waals surface area contributed by atoms with Gasteiger partial charge < -0.3 is 0 Å². The molecule has 0 aromatic rings. The third-order valence-electron chi connectivity index (χ3n) is 4.73. The Morgan fingerprint density at radius 2 is 2.00 bits per heavy atom. The predicted octanol–water partition coefficient (Wildman–Crippen LogP) is 1.66. The Hall–Kier alpha value is -0.930. The summed E-state index contributed by atoms with van der Waals surface area (Å²) in [5.41, 5.74) is -0.669. The lowest BCUT2D eigenvalue weighted by Crippen LogP contribution is -2.38. The van der Waals surface area contributed by atoms with Gasteiger partial charge in [-0.3, -0.25) is 14.9 Å². The van der Waals surface area contributed by atoms with E-state index in [0.29, 0.717) is 0 Å². The third-order valence-corrected chi connectivity index (χ3v) is 4.73. The average Bonchev–Trinajstić information content (AvgIpc) is 2.35. The lowest BCUT2D eigenvalue weighted by Gasteiger charge is -2.31. The molecule has 14 heavy (non-hydrogen) atoms. The van der Waals surface area contributed by atoms with Crippen molar-refractivity contribution in [3.63, 3.8) is 0 Å². The molecule has 78 valence electrons. The molecule has 2 aliphatic carbocycles. The quantitative estimate of drug-likeness (QED) is 0.474. The molecule has 0 aromatic heterocycles. The summed E-state index contributed by atoms with van der Waals surface area (Å²) in [6.45, 7) is 5.87. The molecular weight excluding hydrogens is 182 g/mol. The first-order valence-electron chi connectivity index (χ1n) is 5.00. The number of hydrogen-bond donors (Lipinski definition) is 0. The van der Waals surface area contributed by atoms with E-state index in [1.165, 1.54) is 0 Å². The fraction of sp³-hybridized carbons (Fsp3) is 0.900. The summed E-state index contributed by atoms with van der Waals surface area (Å²) in [5, 5.41) is 10.8. The van der Waals surface area contributed by atoms with Gasteiger partial charge in [-0.1, -0.05) is 20.8 Å². The molecule has 0 spiro atoms. The van der Waals surface area contributed by atoms with Crippen LogP contribution in [0.2, 0.25) is 0 Å². The first-order valence-corrected chi connectivity index (χ1v) is 5.00. The molecule has 2 aliphatic rings. The maximum absolute atomic E-state index is 11.9. The Morgan fingerprint density at radius 3 is 2.29 bits per heavy atom. The van der Waals surface area contributed by atoms with Crippen LogP contribution in [0.1, 0.15) is 33.6 Å². The molecule has 0 amide bonds. The zero-order chi connectivity index (χ0) is 10.7. The Labute approximate surface area is 82.8 Å². The molecule has 2 fully saturated rings. The zero-order valence-corrected chi connectivity index (χ0v) is 8.74. The summed E-state index contributed by atoms with van der Waals surface area (Å²) in [7, 11) is 0. The first-order chi connectivity index (χ1) is 6.32. The largest absolute Gasteiger partial charge is 0.291 e. The number of Topliss-reactive ketones (excluding diaryl/α,β-unsaturated/α-hetero) is 1. The lowest BCUT2D eigenvalue weighted by molar-refractivity contribution is -0.516. The molecule has 2 rings (SSSR count). The number of nitro groups is 1. The van der Waals surface area contributed by atoms with Crippen molar-refractivity contribution >= 4 is 5.78 Å². The lowest BCUT2D eigenvalue weighted by atomic mass is 9.70. The van der Waals surface area contributed by atoms with Crippen LogP contribution >= 0.6 is 0 Å². The van der Waals surface area contributed by atoms with Gasteiger partial charge in [0.25, 0.3) is 6.04 Å². The van der Waals surface area contributed by atoms with Gasteiger partial charge in [0.05, 0.1) is 0 Å². The van der Waals surface area contributed by atoms with Gasteiger partial charge in [-0.2, -0.15) is 0 Å². The van der Waals surface area contributed by atoms with Crippen LogP contribution in [0.3, 0.4) is 0 Å². The predicted molar refractivity (Wildman–Crippen MR) is 50.4 cm³/mol. The van der Waals surface area contributed by atoms with Crippen LogP contribution in [0.25, 0.3) is 0 Å². The maximum atomic E-state index is 11.9. The molecule has 0 heterocycles. The van der Waals surface area contributed by atoms with Crippen molar-refractivity contribution in [3.05, 3.63) is 10.1 Å². The second kappa shape index (κ2) is 2.35. The summed E-state index contributed by atoms with van der Waals surface area (Å²) >= 11 is 0. The van der Waals surface area contributed by atoms with Crippen molar-refractivity contribution in [1.82, 2.24) is 0 Å². The summed E-state index contributed by atoms with van der Waals surface area (Å²) in [5.74, 6) is -0.209. The SMILES string of the molecule is CC1(C)[C@@H]2CC[C@]1(C)C(=O)[C@@H]2[N+](=O)[O-]. The molecule has 0 N–H and O–H groups in total. The third kappa shape index (κ3) is 0.775. The van der Waals surface area contributed by atoms with E-state index in [2.05, 4.69) is 0 Å². The van der Waals surface area contributed by atoms with Crippen LogP contribution in [0.4, 0.5) is 0 Å². The molecule has 0 radical (unpaired) electrons. The van der Waals surface area contributed by atoms with Crippen LogP contribution in [-0.2, 0) is 4.79 Å². The summed E-state index contributed by atoms with van der Waals surface area (Å²) in [4.78, 5) is 22.3. The molecule has 0 unspecified atom stereocenters. The Morgan fingerprint density at radius 1 is 1.43 bits per heavy atom. The summed E-state index contributed by atoms with van der Waals surface area (Å²) in [6, 6.07) is -0.941. The number of ketones is 1. The number of carbonyl (C=O) groups is 1. The molecular formula is C10H15NO3. The van der Waals surface area contributed by atoms with E-state index < -0.39 is 11.5 Å². The van der Waals surface area contributed by atoms with Gasteiger partial charge in [0.1, 0.15) is 0 Å². The minimum Gasteiger partial charge on any atom is -0.291 e. The van der Waals surface area contributed by atoms with E-state index in [4.69, 9.17) is 0 Å². The Kier molecular flexibility index (Phi) is 1.62. The van der Waals surface area contributed by atoms with Crippen LogP contribution in [0, 0.1) is 26.9 Å². The maximum Gasteiger partial charge on any atom is 0.274 e. The summed E-state index contributed by atoms with van der Waals surface area (Å²) < 4.78 is 0. The molecule has 3 atom stereocenters. The van der Waals surface area contributed by atoms with Gasteiger partial charge in [0.2, 0.25) is 5.78 Å². The van der Waals surface area contributed by atoms with Gasteiger partial charge in [-0.25, -0.2) is 0 Å². The van der Waals surface area contributed by atoms with Crippen molar-refractivity contribution in [1.29, 1.82) is 0 Å². The van der Waals surface area contributed by atoms with E-state index in [1.54, 1.807) is 0 Å². The van der Waals surface area contributed by atoms with Crippen molar-refractivity contribution in [2.45, 2.75) is 39.7 Å². The fourth-order valence-electron chi connectivity index (χ4n) is 3.28. The second-order valence-electron chi connectivity index (χ2n) is 5.29. The van der Waals surface area contributed by atoms with Crippen molar-refractivity contribution in [2.24, 2.45) is 16.7 Å². The van der Waals surface area contributed by atoms with Crippen LogP contribution in [0.5, 0.6) is 0 Å².